The van der Waals surface area contributed by atoms with E-state index in [2.05, 4.69) is 29.9 Å². The summed E-state index contributed by atoms with van der Waals surface area (Å²) in [5.41, 5.74) is 12.0. The summed E-state index contributed by atoms with van der Waals surface area (Å²) in [6, 6.07) is 0. The third kappa shape index (κ3) is 4.41. The molecule has 8 N–H and O–H groups in total. The number of rotatable bonds is 2. The first kappa shape index (κ1) is 26.7. The van der Waals surface area contributed by atoms with E-state index < -0.39 is 61.2 Å². The minimum absolute atomic E-state index is 0.00508. The van der Waals surface area contributed by atoms with Gasteiger partial charge in [-0.15, -0.1) is 0 Å². The topological polar surface area (TPSA) is 257 Å². The zero-order chi connectivity index (χ0) is 28.6. The normalized spacial score (nSPS) is 36.0. The predicted octanol–water partition coefficient (Wildman–Crippen LogP) is -1.33. The lowest BCUT2D eigenvalue weighted by molar-refractivity contribution is -0.0552. The molecular formula is C21H25N10O8PS. The van der Waals surface area contributed by atoms with Crippen molar-refractivity contribution in [3.05, 3.63) is 29.3 Å². The second-order valence-electron chi connectivity index (χ2n) is 10.0. The molecule has 218 valence electrons. The number of hydrogen-bond donors (Lipinski definition) is 6. The van der Waals surface area contributed by atoms with Gasteiger partial charge < -0.3 is 40.6 Å². The van der Waals surface area contributed by atoms with E-state index >= 15 is 0 Å². The van der Waals surface area contributed by atoms with E-state index in [0.29, 0.717) is 17.6 Å². The van der Waals surface area contributed by atoms with Crippen molar-refractivity contribution in [1.29, 1.82) is 0 Å². The number of fused-ring (bicyclic) bond motifs is 6. The molecule has 7 rings (SSSR count). The number of aromatic nitrogens is 8. The molecule has 4 aromatic rings. The lowest BCUT2D eigenvalue weighted by Crippen LogP contribution is -2.36. The Morgan fingerprint density at radius 2 is 1.71 bits per heavy atom. The Morgan fingerprint density at radius 1 is 0.976 bits per heavy atom. The van der Waals surface area contributed by atoms with Crippen LogP contribution in [0.1, 0.15) is 25.3 Å². The second-order valence-corrected chi connectivity index (χ2v) is 12.8. The molecule has 20 heteroatoms. The standard InChI is InChI=1S/C21H25N10O8PS/c22-15-10-16(25-4-24-15)30(5-26-10)19-7-1-2-8-13(33)14(39-40(35,41)36-3-9(38-19)12(7)32)20(37-8)31-6-27-11-17(31)28-21(23)29-18(11)34/h4-9,12-14,19-20,32-33H,1-3H2,(H,35,41)(H2,22,24,25)(H3,23,28,29,34). The lowest BCUT2D eigenvalue weighted by atomic mass is 9.91. The van der Waals surface area contributed by atoms with E-state index in [-0.39, 0.29) is 36.0 Å². The quantitative estimate of drug-likeness (QED) is 0.144. The van der Waals surface area contributed by atoms with Crippen LogP contribution in [-0.4, -0.2) is 91.3 Å². The van der Waals surface area contributed by atoms with E-state index in [9.17, 15) is 19.9 Å². The van der Waals surface area contributed by atoms with Gasteiger partial charge in [-0.3, -0.25) is 23.4 Å². The molecule has 4 bridgehead atoms. The van der Waals surface area contributed by atoms with Crippen LogP contribution < -0.4 is 17.0 Å². The Balaban J connectivity index is 1.25. The van der Waals surface area contributed by atoms with E-state index in [1.54, 1.807) is 4.57 Å². The van der Waals surface area contributed by atoms with Crippen molar-refractivity contribution in [2.24, 2.45) is 5.92 Å². The summed E-state index contributed by atoms with van der Waals surface area (Å²) >= 11 is 5.26. The number of H-pyrrole nitrogens is 1. The number of imidazole rings is 2. The number of aliphatic hydroxyl groups is 2. The number of aromatic amines is 1. The summed E-state index contributed by atoms with van der Waals surface area (Å²) in [5.74, 6) is -0.484. The molecule has 3 aliphatic rings. The van der Waals surface area contributed by atoms with Crippen LogP contribution in [0.2, 0.25) is 0 Å². The van der Waals surface area contributed by atoms with E-state index in [1.165, 1.54) is 23.5 Å². The predicted molar refractivity (Wildman–Crippen MR) is 142 cm³/mol. The molecule has 18 nitrogen and oxygen atoms in total. The lowest BCUT2D eigenvalue weighted by Gasteiger charge is -2.27. The molecule has 7 heterocycles. The van der Waals surface area contributed by atoms with Gasteiger partial charge in [0.05, 0.1) is 31.5 Å². The molecular weight excluding hydrogens is 583 g/mol. The fourth-order valence-corrected chi connectivity index (χ4v) is 7.13. The number of nitrogens with two attached hydrogens (primary N) is 2. The van der Waals surface area contributed by atoms with Gasteiger partial charge in [0.2, 0.25) is 5.95 Å². The van der Waals surface area contributed by atoms with Crippen LogP contribution in [0, 0.1) is 5.92 Å². The van der Waals surface area contributed by atoms with Crippen molar-refractivity contribution < 1.29 is 33.6 Å². The minimum atomic E-state index is -4.03. The largest absolute Gasteiger partial charge is 0.390 e. The second kappa shape index (κ2) is 9.72. The van der Waals surface area contributed by atoms with Crippen LogP contribution in [0.25, 0.3) is 22.3 Å². The number of nitrogens with zero attached hydrogens (tertiary/aromatic N) is 7. The van der Waals surface area contributed by atoms with Crippen molar-refractivity contribution in [3.8, 4) is 0 Å². The Morgan fingerprint density at radius 3 is 2.51 bits per heavy atom. The van der Waals surface area contributed by atoms with Crippen molar-refractivity contribution in [3.63, 3.8) is 0 Å². The maximum absolute atomic E-state index is 12.3. The molecule has 4 aromatic heterocycles. The Bertz CT molecular complexity index is 1750. The van der Waals surface area contributed by atoms with E-state index in [0.717, 1.165) is 0 Å². The average molecular weight is 609 g/mol. The Labute approximate surface area is 234 Å². The highest BCUT2D eigenvalue weighted by Gasteiger charge is 2.52. The zero-order valence-corrected chi connectivity index (χ0v) is 22.7. The molecule has 0 radical (unpaired) electrons. The summed E-state index contributed by atoms with van der Waals surface area (Å²) in [7, 11) is 0. The first-order chi connectivity index (χ1) is 19.6. The molecule has 3 aliphatic heterocycles. The van der Waals surface area contributed by atoms with E-state index in [1.807, 2.05) is 0 Å². The Kier molecular flexibility index (Phi) is 6.34. The smallest absolute Gasteiger partial charge is 0.325 e. The van der Waals surface area contributed by atoms with Gasteiger partial charge in [-0.05, 0) is 24.6 Å². The third-order valence-electron chi connectivity index (χ3n) is 7.64. The third-order valence-corrected chi connectivity index (χ3v) is 9.20. The number of anilines is 2. The van der Waals surface area contributed by atoms with Crippen molar-refractivity contribution >= 4 is 52.6 Å². The summed E-state index contributed by atoms with van der Waals surface area (Å²) in [5, 5.41) is 22.6. The summed E-state index contributed by atoms with van der Waals surface area (Å²) in [6.07, 6.45) is -2.46. The number of ether oxygens (including phenoxy) is 2. The van der Waals surface area contributed by atoms with Crippen LogP contribution in [0.3, 0.4) is 0 Å². The van der Waals surface area contributed by atoms with Gasteiger partial charge in [0.15, 0.2) is 28.9 Å². The van der Waals surface area contributed by atoms with Gasteiger partial charge in [-0.2, -0.15) is 4.98 Å². The van der Waals surface area contributed by atoms with Crippen LogP contribution in [0.4, 0.5) is 11.8 Å². The monoisotopic (exact) mass is 608 g/mol. The number of nitrogens with one attached hydrogen (secondary N) is 1. The van der Waals surface area contributed by atoms with Crippen LogP contribution in [0.15, 0.2) is 23.8 Å². The van der Waals surface area contributed by atoms with Gasteiger partial charge in [0.25, 0.3) is 5.56 Å². The highest BCUT2D eigenvalue weighted by Crippen LogP contribution is 2.52. The summed E-state index contributed by atoms with van der Waals surface area (Å²) in [4.78, 5) is 46.5. The van der Waals surface area contributed by atoms with Crippen LogP contribution >= 0.6 is 6.72 Å². The van der Waals surface area contributed by atoms with Crippen LogP contribution in [0.5, 0.6) is 0 Å². The molecule has 0 aliphatic carbocycles. The Hall–Kier alpha value is -3.13. The molecule has 3 saturated heterocycles. The number of nitrogen functional groups attached to an aromatic ring is 2. The van der Waals surface area contributed by atoms with Gasteiger partial charge >= 0.3 is 6.72 Å². The number of aliphatic hydroxyl groups excluding tert-OH is 2. The molecule has 0 amide bonds. The molecule has 0 saturated carbocycles. The van der Waals surface area contributed by atoms with E-state index in [4.69, 9.17) is 41.8 Å². The SMILES string of the molecule is Nc1nc2c(ncn2C2OC3CCC4C(O)C(COP(O)(=S)OC2C3O)OC4n2cnc3c(N)ncnc32)c(=O)[nH]1. The summed E-state index contributed by atoms with van der Waals surface area (Å²) in [6.45, 7) is -4.33. The van der Waals surface area contributed by atoms with Gasteiger partial charge in [-0.25, -0.2) is 19.9 Å². The first-order valence-corrected chi connectivity index (χ1v) is 15.2. The maximum atomic E-state index is 12.3. The highest BCUT2D eigenvalue weighted by molar-refractivity contribution is 8.07. The van der Waals surface area contributed by atoms with Gasteiger partial charge in [0, 0.05) is 5.92 Å². The fraction of sp³-hybridized carbons (Fsp3) is 0.524. The first-order valence-electron chi connectivity index (χ1n) is 12.6. The molecule has 0 spiro atoms. The molecule has 3 fully saturated rings. The highest BCUT2D eigenvalue weighted by atomic mass is 32.5. The molecule has 0 aromatic carbocycles. The fourth-order valence-electron chi connectivity index (χ4n) is 5.72. The molecule has 9 atom stereocenters. The van der Waals surface area contributed by atoms with Gasteiger partial charge in [-0.1, -0.05) is 0 Å². The minimum Gasteiger partial charge on any atom is -0.390 e. The molecule has 9 unspecified atom stereocenters. The zero-order valence-electron chi connectivity index (χ0n) is 21.0. The van der Waals surface area contributed by atoms with Crippen molar-refractivity contribution in [2.45, 2.75) is 55.8 Å². The average Bonchev–Trinajstić information content (AvgIpc) is 3.67. The molecule has 41 heavy (non-hydrogen) atoms. The van der Waals surface area contributed by atoms with Crippen molar-refractivity contribution in [2.75, 3.05) is 18.1 Å². The van der Waals surface area contributed by atoms with Crippen LogP contribution in [-0.2, 0) is 30.3 Å². The maximum Gasteiger partial charge on any atom is 0.325 e. The van der Waals surface area contributed by atoms with Crippen molar-refractivity contribution in [1.82, 2.24) is 39.0 Å². The number of hydrogen-bond acceptors (Lipinski definition) is 15. The van der Waals surface area contributed by atoms with Gasteiger partial charge in [0.1, 0.15) is 36.4 Å². The summed E-state index contributed by atoms with van der Waals surface area (Å²) < 4.78 is 26.8.